The van der Waals surface area contributed by atoms with Gasteiger partial charge >= 0.3 is 0 Å². The highest BCUT2D eigenvalue weighted by Gasteiger charge is 2.18. The van der Waals surface area contributed by atoms with Gasteiger partial charge in [-0.15, -0.1) is 0 Å². The highest BCUT2D eigenvalue weighted by molar-refractivity contribution is 5.53. The Kier molecular flexibility index (Phi) is 4.78. The molecule has 0 saturated carbocycles. The third-order valence-corrected chi connectivity index (χ3v) is 3.00. The molecule has 1 rings (SSSR count). The number of aliphatic hydroxyl groups is 1. The lowest BCUT2D eigenvalue weighted by Gasteiger charge is -2.20. The molecule has 0 aliphatic carbocycles. The minimum absolute atomic E-state index is 0.474. The number of likely N-dealkylation sites (N-methyl/N-ethyl adjacent to an activating group) is 1. The summed E-state index contributed by atoms with van der Waals surface area (Å²) in [6.45, 7) is 4.42. The van der Waals surface area contributed by atoms with Gasteiger partial charge in [-0.25, -0.2) is 0 Å². The van der Waals surface area contributed by atoms with Gasteiger partial charge in [0.15, 0.2) is 0 Å². The van der Waals surface area contributed by atoms with Crippen LogP contribution < -0.4 is 14.8 Å². The van der Waals surface area contributed by atoms with Gasteiger partial charge in [0.05, 0.1) is 20.3 Å². The number of aliphatic hydroxyl groups excluding tert-OH is 1. The Hall–Kier alpha value is -1.26. The standard InChI is InChI=1S/C13H21NO3/c1-8-9(2)13(17-5)10(6-12(8)16-4)11(15)7-14-3/h6,11,14-15H,7H2,1-5H3. The maximum absolute atomic E-state index is 10.1. The van der Waals surface area contributed by atoms with Crippen molar-refractivity contribution in [3.05, 3.63) is 22.8 Å². The summed E-state index contributed by atoms with van der Waals surface area (Å²) >= 11 is 0. The van der Waals surface area contributed by atoms with Gasteiger partial charge in [-0.2, -0.15) is 0 Å². The summed E-state index contributed by atoms with van der Waals surface area (Å²) in [7, 11) is 5.04. The van der Waals surface area contributed by atoms with Crippen LogP contribution in [0.1, 0.15) is 22.8 Å². The molecular weight excluding hydrogens is 218 g/mol. The second kappa shape index (κ2) is 5.89. The fourth-order valence-corrected chi connectivity index (χ4v) is 1.92. The summed E-state index contributed by atoms with van der Waals surface area (Å²) in [6, 6.07) is 1.84. The number of hydrogen-bond acceptors (Lipinski definition) is 4. The first-order valence-corrected chi connectivity index (χ1v) is 5.61. The monoisotopic (exact) mass is 239 g/mol. The van der Waals surface area contributed by atoms with Crippen LogP contribution in [-0.2, 0) is 0 Å². The normalized spacial score (nSPS) is 12.4. The molecule has 1 unspecified atom stereocenters. The van der Waals surface area contributed by atoms with Crippen LogP contribution in [0.2, 0.25) is 0 Å². The highest BCUT2D eigenvalue weighted by Crippen LogP contribution is 2.36. The van der Waals surface area contributed by atoms with Crippen molar-refractivity contribution in [1.82, 2.24) is 5.32 Å². The zero-order chi connectivity index (χ0) is 13.0. The van der Waals surface area contributed by atoms with Gasteiger partial charge in [-0.05, 0) is 38.1 Å². The van der Waals surface area contributed by atoms with E-state index in [-0.39, 0.29) is 0 Å². The van der Waals surface area contributed by atoms with E-state index in [1.54, 1.807) is 21.3 Å². The third-order valence-electron chi connectivity index (χ3n) is 3.00. The van der Waals surface area contributed by atoms with Crippen molar-refractivity contribution in [3.63, 3.8) is 0 Å². The molecule has 17 heavy (non-hydrogen) atoms. The summed E-state index contributed by atoms with van der Waals surface area (Å²) in [5, 5.41) is 13.0. The first-order valence-electron chi connectivity index (χ1n) is 5.61. The van der Waals surface area contributed by atoms with Crippen molar-refractivity contribution in [2.75, 3.05) is 27.8 Å². The molecule has 0 aliphatic rings. The van der Waals surface area contributed by atoms with E-state index < -0.39 is 6.10 Å². The average molecular weight is 239 g/mol. The van der Waals surface area contributed by atoms with Crippen molar-refractivity contribution in [1.29, 1.82) is 0 Å². The van der Waals surface area contributed by atoms with Crippen LogP contribution in [-0.4, -0.2) is 32.9 Å². The van der Waals surface area contributed by atoms with E-state index in [9.17, 15) is 5.11 Å². The quantitative estimate of drug-likeness (QED) is 0.819. The molecule has 4 heteroatoms. The van der Waals surface area contributed by atoms with E-state index in [1.807, 2.05) is 19.9 Å². The molecule has 0 aromatic heterocycles. The lowest BCUT2D eigenvalue weighted by atomic mass is 9.99. The summed E-state index contributed by atoms with van der Waals surface area (Å²) in [6.07, 6.45) is -0.608. The second-order valence-electron chi connectivity index (χ2n) is 4.02. The van der Waals surface area contributed by atoms with Crippen LogP contribution in [0, 0.1) is 13.8 Å². The molecule has 0 aliphatic heterocycles. The second-order valence-corrected chi connectivity index (χ2v) is 4.02. The molecule has 1 aromatic carbocycles. The average Bonchev–Trinajstić information content (AvgIpc) is 2.32. The minimum Gasteiger partial charge on any atom is -0.496 e. The molecule has 0 spiro atoms. The van der Waals surface area contributed by atoms with Crippen molar-refractivity contribution >= 4 is 0 Å². The third kappa shape index (κ3) is 2.70. The van der Waals surface area contributed by atoms with Crippen LogP contribution in [0.3, 0.4) is 0 Å². The predicted octanol–water partition coefficient (Wildman–Crippen LogP) is 1.57. The molecule has 1 atom stereocenters. The first-order chi connectivity index (χ1) is 8.06. The lowest BCUT2D eigenvalue weighted by Crippen LogP contribution is -2.18. The first kappa shape index (κ1) is 13.8. The molecule has 96 valence electrons. The molecule has 1 aromatic rings. The molecule has 0 bridgehead atoms. The van der Waals surface area contributed by atoms with Crippen molar-refractivity contribution in [2.24, 2.45) is 0 Å². The summed E-state index contributed by atoms with van der Waals surface area (Å²) in [5.74, 6) is 1.50. The SMILES string of the molecule is CNCC(O)c1cc(OC)c(C)c(C)c1OC. The topological polar surface area (TPSA) is 50.7 Å². The van der Waals surface area contributed by atoms with Gasteiger partial charge in [0.1, 0.15) is 11.5 Å². The van der Waals surface area contributed by atoms with E-state index in [0.29, 0.717) is 6.54 Å². The Morgan fingerprint density at radius 3 is 2.35 bits per heavy atom. The molecule has 0 fully saturated rings. The van der Waals surface area contributed by atoms with Gasteiger partial charge in [0.25, 0.3) is 0 Å². The number of rotatable bonds is 5. The number of ether oxygens (including phenoxy) is 2. The van der Waals surface area contributed by atoms with E-state index >= 15 is 0 Å². The number of methoxy groups -OCH3 is 2. The van der Waals surface area contributed by atoms with Gasteiger partial charge in [-0.3, -0.25) is 0 Å². The summed E-state index contributed by atoms with van der Waals surface area (Å²) in [5.41, 5.74) is 2.78. The van der Waals surface area contributed by atoms with E-state index in [1.165, 1.54) is 0 Å². The molecule has 0 amide bonds. The number of hydrogen-bond donors (Lipinski definition) is 2. The Bertz CT molecular complexity index is 391. The van der Waals surface area contributed by atoms with Crippen molar-refractivity contribution in [2.45, 2.75) is 20.0 Å². The van der Waals surface area contributed by atoms with Crippen molar-refractivity contribution in [3.8, 4) is 11.5 Å². The van der Waals surface area contributed by atoms with E-state index in [2.05, 4.69) is 5.32 Å². The molecular formula is C13H21NO3. The van der Waals surface area contributed by atoms with Crippen LogP contribution in [0.15, 0.2) is 6.07 Å². The molecule has 0 saturated heterocycles. The molecule has 4 nitrogen and oxygen atoms in total. The Balaban J connectivity index is 3.31. The van der Waals surface area contributed by atoms with E-state index in [4.69, 9.17) is 9.47 Å². The fourth-order valence-electron chi connectivity index (χ4n) is 1.92. The predicted molar refractivity (Wildman–Crippen MR) is 67.9 cm³/mol. The van der Waals surface area contributed by atoms with Crippen LogP contribution in [0.25, 0.3) is 0 Å². The van der Waals surface area contributed by atoms with Gasteiger partial charge in [0, 0.05) is 12.1 Å². The number of nitrogens with one attached hydrogen (secondary N) is 1. The largest absolute Gasteiger partial charge is 0.496 e. The molecule has 0 radical (unpaired) electrons. The summed E-state index contributed by atoms with van der Waals surface area (Å²) in [4.78, 5) is 0. The molecule has 2 N–H and O–H groups in total. The van der Waals surface area contributed by atoms with Crippen LogP contribution >= 0.6 is 0 Å². The Morgan fingerprint density at radius 1 is 1.24 bits per heavy atom. The zero-order valence-corrected chi connectivity index (χ0v) is 11.1. The van der Waals surface area contributed by atoms with E-state index in [0.717, 1.165) is 28.2 Å². The Labute approximate surface area is 103 Å². The fraction of sp³-hybridized carbons (Fsp3) is 0.538. The van der Waals surface area contributed by atoms with Gasteiger partial charge in [0.2, 0.25) is 0 Å². The van der Waals surface area contributed by atoms with Crippen LogP contribution in [0.5, 0.6) is 11.5 Å². The zero-order valence-electron chi connectivity index (χ0n) is 11.1. The van der Waals surface area contributed by atoms with Gasteiger partial charge < -0.3 is 19.9 Å². The molecule has 0 heterocycles. The number of benzene rings is 1. The maximum Gasteiger partial charge on any atom is 0.128 e. The van der Waals surface area contributed by atoms with Crippen LogP contribution in [0.4, 0.5) is 0 Å². The minimum atomic E-state index is -0.608. The highest BCUT2D eigenvalue weighted by atomic mass is 16.5. The van der Waals surface area contributed by atoms with Gasteiger partial charge in [-0.1, -0.05) is 0 Å². The maximum atomic E-state index is 10.1. The summed E-state index contributed by atoms with van der Waals surface area (Å²) < 4.78 is 10.7. The lowest BCUT2D eigenvalue weighted by molar-refractivity contribution is 0.172. The smallest absolute Gasteiger partial charge is 0.128 e. The van der Waals surface area contributed by atoms with Crippen molar-refractivity contribution < 1.29 is 14.6 Å². The Morgan fingerprint density at radius 2 is 1.88 bits per heavy atom.